The Labute approximate surface area is 239 Å². The number of methoxy groups -OCH3 is 1. The Morgan fingerprint density at radius 1 is 0.976 bits per heavy atom. The van der Waals surface area contributed by atoms with Crippen molar-refractivity contribution in [3.8, 4) is 22.2 Å². The Balaban J connectivity index is 1.24. The number of thiazole rings is 1. The van der Waals surface area contributed by atoms with Gasteiger partial charge < -0.3 is 14.2 Å². The number of rotatable bonds is 6. The van der Waals surface area contributed by atoms with Gasteiger partial charge >= 0.3 is 6.09 Å². The fraction of sp³-hybridized carbons (Fsp3) is 0.310. The highest BCUT2D eigenvalue weighted by Crippen LogP contribution is 2.38. The van der Waals surface area contributed by atoms with E-state index in [-0.39, 0.29) is 5.75 Å². The lowest BCUT2D eigenvalue weighted by Crippen LogP contribution is -2.39. The van der Waals surface area contributed by atoms with Crippen molar-refractivity contribution >= 4 is 44.4 Å². The summed E-state index contributed by atoms with van der Waals surface area (Å²) in [6.07, 6.45) is 5.95. The summed E-state index contributed by atoms with van der Waals surface area (Å²) < 4.78 is 33.1. The number of nitrogens with zero attached hydrogens (tertiary/aromatic N) is 5. The second kappa shape index (κ2) is 11.2. The van der Waals surface area contributed by atoms with E-state index in [4.69, 9.17) is 19.2 Å². The molecule has 1 amide bonds. The Morgan fingerprint density at radius 3 is 2.54 bits per heavy atom. The molecule has 3 heterocycles. The summed E-state index contributed by atoms with van der Waals surface area (Å²) in [5.41, 5.74) is 4.12. The van der Waals surface area contributed by atoms with Gasteiger partial charge in [0, 0.05) is 17.7 Å². The first kappa shape index (κ1) is 26.8. The van der Waals surface area contributed by atoms with Gasteiger partial charge in [0.15, 0.2) is 11.6 Å². The summed E-state index contributed by atoms with van der Waals surface area (Å²) in [6, 6.07) is 6.96. The average molecular weight is 575 g/mol. The van der Waals surface area contributed by atoms with Gasteiger partial charge in [-0.15, -0.1) is 11.3 Å². The number of anilines is 1. The number of carbonyl (C=O) groups excluding carboxylic acids is 1. The molecule has 3 aromatic heterocycles. The summed E-state index contributed by atoms with van der Waals surface area (Å²) in [7, 11) is 1.55. The first-order valence-electron chi connectivity index (χ1n) is 13.2. The molecule has 2 aromatic carbocycles. The summed E-state index contributed by atoms with van der Waals surface area (Å²) >= 11 is 1.42. The molecule has 1 N–H and O–H groups in total. The van der Waals surface area contributed by atoms with Crippen LogP contribution in [0.25, 0.3) is 31.8 Å². The van der Waals surface area contributed by atoms with Crippen LogP contribution in [0.5, 0.6) is 11.6 Å². The number of hydrogen-bond acceptors (Lipinski definition) is 10. The monoisotopic (exact) mass is 574 g/mol. The lowest BCUT2D eigenvalue weighted by molar-refractivity contribution is -0.00440. The van der Waals surface area contributed by atoms with Crippen LogP contribution < -0.4 is 14.8 Å². The van der Waals surface area contributed by atoms with Gasteiger partial charge in [0.25, 0.3) is 0 Å². The second-order valence-corrected chi connectivity index (χ2v) is 10.9. The number of fused-ring (bicyclic) bond motifs is 2. The van der Waals surface area contributed by atoms with E-state index >= 15 is 4.39 Å². The van der Waals surface area contributed by atoms with E-state index in [1.165, 1.54) is 29.8 Å². The van der Waals surface area contributed by atoms with Crippen LogP contribution in [0.3, 0.4) is 0 Å². The van der Waals surface area contributed by atoms with E-state index in [2.05, 4.69) is 25.3 Å². The lowest BCUT2D eigenvalue weighted by Gasteiger charge is -2.31. The minimum atomic E-state index is -0.632. The van der Waals surface area contributed by atoms with Gasteiger partial charge in [-0.25, -0.2) is 34.1 Å². The fourth-order valence-electron chi connectivity index (χ4n) is 4.88. The Kier molecular flexibility index (Phi) is 7.31. The van der Waals surface area contributed by atoms with E-state index in [1.807, 2.05) is 19.1 Å². The molecular weight excluding hydrogens is 547 g/mol. The number of amides is 1. The molecule has 1 aliphatic carbocycles. The molecule has 0 saturated heterocycles. The standard InChI is InChI=1S/C29H27FN6O4S/c1-15-8-18(27-21(9-15)35-26(38-3)14-33-27)28-36-20-10-19(30)24(11-25(20)41-28)39-22-6-4-5-7-23(22)40-29(37)34-17-12-31-16(2)32-13-17/h8-14,22-23H,4-7H2,1-3H3,(H,34,37)/t22?,23-/m1/s1. The van der Waals surface area contributed by atoms with E-state index in [1.54, 1.807) is 26.3 Å². The highest BCUT2D eigenvalue weighted by molar-refractivity contribution is 7.21. The summed E-state index contributed by atoms with van der Waals surface area (Å²) in [4.78, 5) is 34.4. The van der Waals surface area contributed by atoms with E-state index < -0.39 is 24.1 Å². The maximum atomic E-state index is 15.3. The summed E-state index contributed by atoms with van der Waals surface area (Å²) in [6.45, 7) is 3.73. The highest BCUT2D eigenvalue weighted by atomic mass is 32.1. The average Bonchev–Trinajstić information content (AvgIpc) is 3.37. The van der Waals surface area contributed by atoms with Crippen LogP contribution in [-0.4, -0.2) is 50.3 Å². The van der Waals surface area contributed by atoms with Crippen LogP contribution in [0.1, 0.15) is 37.1 Å². The molecule has 1 fully saturated rings. The molecule has 0 spiro atoms. The summed E-state index contributed by atoms with van der Waals surface area (Å²) in [5, 5.41) is 3.33. The molecule has 10 nitrogen and oxygen atoms in total. The van der Waals surface area contributed by atoms with Crippen LogP contribution in [0.15, 0.2) is 42.9 Å². The molecule has 1 saturated carbocycles. The SMILES string of the molecule is COc1cnc2c(-c3nc4cc(F)c(OC5CCCC[C@H]5OC(=O)Nc5cnc(C)nc5)cc4s3)cc(C)cc2n1. The molecule has 2 atom stereocenters. The largest absolute Gasteiger partial charge is 0.483 e. The zero-order valence-electron chi connectivity index (χ0n) is 22.7. The lowest BCUT2D eigenvalue weighted by atomic mass is 9.94. The third-order valence-corrected chi connectivity index (χ3v) is 7.91. The van der Waals surface area contributed by atoms with Crippen LogP contribution in [0.2, 0.25) is 0 Å². The third-order valence-electron chi connectivity index (χ3n) is 6.86. The molecule has 5 aromatic rings. The summed E-state index contributed by atoms with van der Waals surface area (Å²) in [5.74, 6) is 0.588. The topological polar surface area (TPSA) is 121 Å². The molecule has 1 aliphatic rings. The normalized spacial score (nSPS) is 17.0. The van der Waals surface area contributed by atoms with Crippen molar-refractivity contribution in [2.75, 3.05) is 12.4 Å². The number of carbonyl (C=O) groups is 1. The number of halogens is 1. The molecule has 210 valence electrons. The Hall–Kier alpha value is -4.45. The van der Waals surface area contributed by atoms with Crippen molar-refractivity contribution in [1.29, 1.82) is 0 Å². The number of hydrogen-bond donors (Lipinski definition) is 1. The van der Waals surface area contributed by atoms with Gasteiger partial charge in [-0.3, -0.25) is 5.32 Å². The Morgan fingerprint density at radius 2 is 1.76 bits per heavy atom. The number of nitrogens with one attached hydrogen (secondary N) is 1. The van der Waals surface area contributed by atoms with Gasteiger partial charge in [0.2, 0.25) is 5.88 Å². The minimum absolute atomic E-state index is 0.0965. The second-order valence-electron chi connectivity index (χ2n) is 9.89. The van der Waals surface area contributed by atoms with E-state index in [9.17, 15) is 4.79 Å². The molecule has 0 aliphatic heterocycles. The van der Waals surface area contributed by atoms with Crippen LogP contribution in [0, 0.1) is 19.7 Å². The zero-order chi connectivity index (χ0) is 28.5. The van der Waals surface area contributed by atoms with Crippen LogP contribution in [-0.2, 0) is 4.74 Å². The number of aryl methyl sites for hydroxylation is 2. The maximum Gasteiger partial charge on any atom is 0.412 e. The van der Waals surface area contributed by atoms with Crippen molar-refractivity contribution in [2.45, 2.75) is 51.7 Å². The van der Waals surface area contributed by atoms with Crippen molar-refractivity contribution in [2.24, 2.45) is 0 Å². The molecule has 1 unspecified atom stereocenters. The van der Waals surface area contributed by atoms with Crippen molar-refractivity contribution < 1.29 is 23.4 Å². The van der Waals surface area contributed by atoms with Gasteiger partial charge in [0.05, 0.1) is 52.6 Å². The highest BCUT2D eigenvalue weighted by Gasteiger charge is 2.31. The van der Waals surface area contributed by atoms with Crippen molar-refractivity contribution in [3.05, 3.63) is 60.1 Å². The van der Waals surface area contributed by atoms with E-state index in [0.717, 1.165) is 28.7 Å². The molecule has 0 bridgehead atoms. The third kappa shape index (κ3) is 5.73. The molecule has 0 radical (unpaired) electrons. The smallest absolute Gasteiger partial charge is 0.412 e. The quantitative estimate of drug-likeness (QED) is 0.245. The van der Waals surface area contributed by atoms with Crippen molar-refractivity contribution in [1.82, 2.24) is 24.9 Å². The van der Waals surface area contributed by atoms with Gasteiger partial charge in [-0.1, -0.05) is 0 Å². The molecular formula is C29H27FN6O4S. The van der Waals surface area contributed by atoms with Gasteiger partial charge in [0.1, 0.15) is 23.0 Å². The van der Waals surface area contributed by atoms with E-state index in [0.29, 0.717) is 51.8 Å². The molecule has 6 rings (SSSR count). The van der Waals surface area contributed by atoms with Crippen molar-refractivity contribution in [3.63, 3.8) is 0 Å². The number of ether oxygens (including phenoxy) is 3. The zero-order valence-corrected chi connectivity index (χ0v) is 23.5. The fourth-order valence-corrected chi connectivity index (χ4v) is 5.88. The first-order valence-corrected chi connectivity index (χ1v) is 14.0. The van der Waals surface area contributed by atoms with Gasteiger partial charge in [-0.05, 0) is 57.2 Å². The van der Waals surface area contributed by atoms with Crippen LogP contribution in [0.4, 0.5) is 14.9 Å². The molecule has 41 heavy (non-hydrogen) atoms. The predicted molar refractivity (Wildman–Crippen MR) is 153 cm³/mol. The predicted octanol–water partition coefficient (Wildman–Crippen LogP) is 6.40. The van der Waals surface area contributed by atoms with Crippen LogP contribution >= 0.6 is 11.3 Å². The maximum absolute atomic E-state index is 15.3. The Bertz CT molecular complexity index is 1750. The number of benzene rings is 2. The number of aromatic nitrogens is 5. The van der Waals surface area contributed by atoms with Gasteiger partial charge in [-0.2, -0.15) is 0 Å². The molecule has 12 heteroatoms. The first-order chi connectivity index (χ1) is 19.9. The minimum Gasteiger partial charge on any atom is -0.483 e.